The minimum Gasteiger partial charge on any atom is -0.332 e. The largest absolute Gasteiger partial charge is 0.332 e. The number of likely N-dealkylation sites (tertiary alicyclic amines) is 1. The maximum Gasteiger partial charge on any atom is 0.140 e. The summed E-state index contributed by atoms with van der Waals surface area (Å²) in [5, 5.41) is 1.20. The van der Waals surface area contributed by atoms with Crippen molar-refractivity contribution in [2.24, 2.45) is 5.73 Å². The minimum absolute atomic E-state index is 0.585. The number of nitrogens with zero attached hydrogens (tertiary/aromatic N) is 3. The molecule has 19 heavy (non-hydrogen) atoms. The Labute approximate surface area is 114 Å². The second-order valence-corrected chi connectivity index (χ2v) is 5.33. The van der Waals surface area contributed by atoms with E-state index in [1.165, 1.54) is 49.8 Å². The normalized spacial score (nSPS) is 16.5. The summed E-state index contributed by atoms with van der Waals surface area (Å²) >= 11 is 0. The number of fused-ring (bicyclic) bond motifs is 1. The molecule has 0 spiro atoms. The van der Waals surface area contributed by atoms with Crippen LogP contribution in [0, 0.1) is 0 Å². The first-order valence-electron chi connectivity index (χ1n) is 7.23. The van der Waals surface area contributed by atoms with Crippen LogP contribution >= 0.6 is 0 Å². The van der Waals surface area contributed by atoms with Gasteiger partial charge in [0.1, 0.15) is 5.65 Å². The van der Waals surface area contributed by atoms with Crippen LogP contribution in [-0.2, 0) is 13.1 Å². The summed E-state index contributed by atoms with van der Waals surface area (Å²) in [5.41, 5.74) is 8.08. The van der Waals surface area contributed by atoms with Crippen LogP contribution < -0.4 is 5.73 Å². The summed E-state index contributed by atoms with van der Waals surface area (Å²) in [7, 11) is 0. The number of aryl methyl sites for hydroxylation is 1. The van der Waals surface area contributed by atoms with Gasteiger partial charge in [0.15, 0.2) is 0 Å². The summed E-state index contributed by atoms with van der Waals surface area (Å²) in [5.74, 6) is 0. The van der Waals surface area contributed by atoms with Crippen LogP contribution in [0.25, 0.3) is 11.0 Å². The van der Waals surface area contributed by atoms with Crippen molar-refractivity contribution in [2.45, 2.75) is 32.4 Å². The highest BCUT2D eigenvalue weighted by Crippen LogP contribution is 2.19. The van der Waals surface area contributed by atoms with Gasteiger partial charge in [0, 0.05) is 30.9 Å². The van der Waals surface area contributed by atoms with Gasteiger partial charge < -0.3 is 15.2 Å². The van der Waals surface area contributed by atoms with Crippen molar-refractivity contribution in [3.05, 3.63) is 30.1 Å². The third-order valence-electron chi connectivity index (χ3n) is 4.01. The molecule has 4 nitrogen and oxygen atoms in total. The van der Waals surface area contributed by atoms with E-state index in [2.05, 4.69) is 26.7 Å². The molecule has 2 N–H and O–H groups in total. The van der Waals surface area contributed by atoms with Gasteiger partial charge in [-0.3, -0.25) is 0 Å². The fraction of sp³-hybridized carbons (Fsp3) is 0.533. The van der Waals surface area contributed by atoms with E-state index in [1.807, 2.05) is 12.3 Å². The van der Waals surface area contributed by atoms with Crippen LogP contribution in [0.4, 0.5) is 0 Å². The zero-order chi connectivity index (χ0) is 13.1. The molecule has 1 aliphatic heterocycles. The van der Waals surface area contributed by atoms with Crippen molar-refractivity contribution in [1.82, 2.24) is 14.5 Å². The molecule has 0 amide bonds. The predicted octanol–water partition coefficient (Wildman–Crippen LogP) is 1.98. The molecule has 4 heteroatoms. The number of hydrogen-bond donors (Lipinski definition) is 1. The highest BCUT2D eigenvalue weighted by atomic mass is 15.1. The summed E-state index contributed by atoms with van der Waals surface area (Å²) in [6, 6.07) is 4.09. The smallest absolute Gasteiger partial charge is 0.140 e. The van der Waals surface area contributed by atoms with Crippen molar-refractivity contribution in [1.29, 1.82) is 0 Å². The van der Waals surface area contributed by atoms with E-state index >= 15 is 0 Å². The summed E-state index contributed by atoms with van der Waals surface area (Å²) in [4.78, 5) is 7.05. The highest BCUT2D eigenvalue weighted by molar-refractivity contribution is 5.80. The highest BCUT2D eigenvalue weighted by Gasteiger charge is 2.11. The van der Waals surface area contributed by atoms with Gasteiger partial charge in [-0.2, -0.15) is 0 Å². The lowest BCUT2D eigenvalue weighted by Gasteiger charge is -2.14. The summed E-state index contributed by atoms with van der Waals surface area (Å²) < 4.78 is 2.26. The topological polar surface area (TPSA) is 47.1 Å². The van der Waals surface area contributed by atoms with Gasteiger partial charge in [0.25, 0.3) is 0 Å². The van der Waals surface area contributed by atoms with E-state index in [4.69, 9.17) is 5.73 Å². The molecular formula is C15H22N4. The van der Waals surface area contributed by atoms with E-state index in [1.54, 1.807) is 0 Å². The van der Waals surface area contributed by atoms with E-state index in [-0.39, 0.29) is 0 Å². The van der Waals surface area contributed by atoms with Crippen molar-refractivity contribution >= 4 is 11.0 Å². The monoisotopic (exact) mass is 258 g/mol. The van der Waals surface area contributed by atoms with E-state index < -0.39 is 0 Å². The Morgan fingerprint density at radius 1 is 1.21 bits per heavy atom. The molecule has 0 atom stereocenters. The maximum atomic E-state index is 5.81. The molecule has 1 saturated heterocycles. The zero-order valence-corrected chi connectivity index (χ0v) is 11.4. The van der Waals surface area contributed by atoms with Crippen LogP contribution in [0.5, 0.6) is 0 Å². The number of aromatic nitrogens is 2. The molecule has 1 fully saturated rings. The molecule has 3 heterocycles. The van der Waals surface area contributed by atoms with Crippen molar-refractivity contribution < 1.29 is 0 Å². The van der Waals surface area contributed by atoms with Crippen LogP contribution in [-0.4, -0.2) is 34.1 Å². The summed E-state index contributed by atoms with van der Waals surface area (Å²) in [6.07, 6.45) is 7.95. The Balaban J connectivity index is 1.69. The molecule has 0 bridgehead atoms. The predicted molar refractivity (Wildman–Crippen MR) is 77.9 cm³/mol. The Morgan fingerprint density at radius 3 is 2.84 bits per heavy atom. The van der Waals surface area contributed by atoms with Crippen LogP contribution in [0.15, 0.2) is 24.5 Å². The molecular weight excluding hydrogens is 236 g/mol. The molecule has 0 aromatic carbocycles. The average molecular weight is 258 g/mol. The number of rotatable bonds is 5. The Hall–Kier alpha value is -1.39. The molecule has 102 valence electrons. The average Bonchev–Trinajstić information content (AvgIpc) is 3.07. The lowest BCUT2D eigenvalue weighted by atomic mass is 10.2. The van der Waals surface area contributed by atoms with Gasteiger partial charge in [0.05, 0.1) is 0 Å². The van der Waals surface area contributed by atoms with Crippen LogP contribution in [0.3, 0.4) is 0 Å². The lowest BCUT2D eigenvalue weighted by Crippen LogP contribution is -2.21. The van der Waals surface area contributed by atoms with Gasteiger partial charge >= 0.3 is 0 Å². The molecule has 2 aromatic heterocycles. The number of hydrogen-bond acceptors (Lipinski definition) is 3. The maximum absolute atomic E-state index is 5.81. The third-order valence-corrected chi connectivity index (χ3v) is 4.01. The molecule has 0 unspecified atom stereocenters. The molecule has 2 aromatic rings. The minimum atomic E-state index is 0.585. The van der Waals surface area contributed by atoms with Crippen molar-refractivity contribution in [3.8, 4) is 0 Å². The summed E-state index contributed by atoms with van der Waals surface area (Å²) in [6.45, 7) is 5.37. The first-order chi connectivity index (χ1) is 9.38. The van der Waals surface area contributed by atoms with Crippen molar-refractivity contribution in [3.63, 3.8) is 0 Å². The fourth-order valence-electron chi connectivity index (χ4n) is 3.00. The van der Waals surface area contributed by atoms with Gasteiger partial charge in [-0.1, -0.05) is 0 Å². The van der Waals surface area contributed by atoms with Gasteiger partial charge in [-0.25, -0.2) is 4.98 Å². The first kappa shape index (κ1) is 12.6. The second-order valence-electron chi connectivity index (χ2n) is 5.33. The molecule has 0 saturated carbocycles. The zero-order valence-electron chi connectivity index (χ0n) is 11.4. The SMILES string of the molecule is NCc1cn(CCCN2CCCC2)c2ncccc12. The Morgan fingerprint density at radius 2 is 2.05 bits per heavy atom. The van der Waals surface area contributed by atoms with Crippen LogP contribution in [0.1, 0.15) is 24.8 Å². The van der Waals surface area contributed by atoms with Gasteiger partial charge in [-0.15, -0.1) is 0 Å². The Bertz CT molecular complexity index is 540. The quantitative estimate of drug-likeness (QED) is 0.892. The standard InChI is InChI=1S/C15H22N4/c16-11-13-12-19(15-14(13)5-3-6-17-15)10-4-9-18-7-1-2-8-18/h3,5-6,12H,1-2,4,7-11,16H2. The Kier molecular flexibility index (Phi) is 3.80. The first-order valence-corrected chi connectivity index (χ1v) is 7.23. The fourth-order valence-corrected chi connectivity index (χ4v) is 3.00. The van der Waals surface area contributed by atoms with Gasteiger partial charge in [-0.05, 0) is 56.6 Å². The molecule has 0 radical (unpaired) electrons. The number of pyridine rings is 1. The molecule has 1 aliphatic rings. The lowest BCUT2D eigenvalue weighted by molar-refractivity contribution is 0.326. The van der Waals surface area contributed by atoms with Crippen LogP contribution in [0.2, 0.25) is 0 Å². The van der Waals surface area contributed by atoms with Gasteiger partial charge in [0.2, 0.25) is 0 Å². The van der Waals surface area contributed by atoms with Crippen molar-refractivity contribution in [2.75, 3.05) is 19.6 Å². The molecule has 3 rings (SSSR count). The molecule has 0 aliphatic carbocycles. The number of nitrogens with two attached hydrogens (primary N) is 1. The van der Waals surface area contributed by atoms with E-state index in [0.29, 0.717) is 6.54 Å². The third kappa shape index (κ3) is 2.65. The second kappa shape index (κ2) is 5.72. The van der Waals surface area contributed by atoms with E-state index in [9.17, 15) is 0 Å². The van der Waals surface area contributed by atoms with E-state index in [0.717, 1.165) is 12.2 Å².